The number of aromatic nitrogens is 2. The molecule has 150 valence electrons. The lowest BCUT2D eigenvalue weighted by Gasteiger charge is -2.32. The molecule has 5 heteroatoms. The molecule has 0 spiro atoms. The van der Waals surface area contributed by atoms with Crippen molar-refractivity contribution in [2.75, 3.05) is 26.2 Å². The Hall–Kier alpha value is -2.53. The van der Waals surface area contributed by atoms with Crippen LogP contribution in [-0.4, -0.2) is 46.9 Å². The van der Waals surface area contributed by atoms with Crippen molar-refractivity contribution in [2.45, 2.75) is 39.2 Å². The summed E-state index contributed by atoms with van der Waals surface area (Å²) in [6.07, 6.45) is 6.69. The summed E-state index contributed by atoms with van der Waals surface area (Å²) in [5.41, 5.74) is 1.06. The Labute approximate surface area is 167 Å². The van der Waals surface area contributed by atoms with Crippen molar-refractivity contribution >= 4 is 5.52 Å². The number of piperidine rings is 1. The fraction of sp³-hybridized carbons (Fsp3) is 0.435. The van der Waals surface area contributed by atoms with Crippen molar-refractivity contribution in [3.8, 4) is 11.6 Å². The summed E-state index contributed by atoms with van der Waals surface area (Å²) >= 11 is 0. The molecule has 0 bridgehead atoms. The van der Waals surface area contributed by atoms with Gasteiger partial charge in [-0.15, -0.1) is 5.10 Å². The second-order valence-electron chi connectivity index (χ2n) is 7.08. The van der Waals surface area contributed by atoms with Gasteiger partial charge in [-0.1, -0.05) is 31.7 Å². The molecule has 0 amide bonds. The molecule has 0 N–H and O–H groups in total. The summed E-state index contributed by atoms with van der Waals surface area (Å²) in [5, 5.41) is 4.41. The average Bonchev–Trinajstić information content (AvgIpc) is 3.13. The molecule has 1 aliphatic heterocycles. The van der Waals surface area contributed by atoms with E-state index in [1.807, 2.05) is 65.3 Å². The molecule has 0 saturated carbocycles. The van der Waals surface area contributed by atoms with Gasteiger partial charge in [-0.25, -0.2) is 4.52 Å². The van der Waals surface area contributed by atoms with Gasteiger partial charge in [-0.3, -0.25) is 0 Å². The van der Waals surface area contributed by atoms with Crippen molar-refractivity contribution in [3.63, 3.8) is 0 Å². The van der Waals surface area contributed by atoms with Crippen LogP contribution in [0.5, 0.6) is 11.6 Å². The van der Waals surface area contributed by atoms with Gasteiger partial charge in [0.15, 0.2) is 0 Å². The van der Waals surface area contributed by atoms with E-state index in [1.165, 1.54) is 0 Å². The van der Waals surface area contributed by atoms with E-state index < -0.39 is 0 Å². The smallest absolute Gasteiger partial charge is 0.233 e. The largest absolute Gasteiger partial charge is 0.490 e. The molecule has 4 rings (SSSR count). The van der Waals surface area contributed by atoms with E-state index in [-0.39, 0.29) is 7.43 Å². The van der Waals surface area contributed by atoms with Crippen molar-refractivity contribution in [3.05, 3.63) is 60.8 Å². The molecule has 1 fully saturated rings. The molecule has 3 heterocycles. The number of ether oxygens (including phenoxy) is 2. The number of para-hydroxylation sites is 1. The lowest BCUT2D eigenvalue weighted by Crippen LogP contribution is -2.38. The summed E-state index contributed by atoms with van der Waals surface area (Å²) in [6.45, 7) is 4.08. The third-order valence-electron chi connectivity index (χ3n) is 5.05. The highest BCUT2D eigenvalue weighted by Crippen LogP contribution is 2.19. The molecule has 3 aromatic rings. The third-order valence-corrected chi connectivity index (χ3v) is 5.05. The average molecular weight is 382 g/mol. The summed E-state index contributed by atoms with van der Waals surface area (Å²) in [7, 11) is 0. The van der Waals surface area contributed by atoms with Gasteiger partial charge in [-0.05, 0) is 56.5 Å². The van der Waals surface area contributed by atoms with Gasteiger partial charge < -0.3 is 14.4 Å². The molecule has 1 aromatic carbocycles. The van der Waals surface area contributed by atoms with Gasteiger partial charge in [-0.2, -0.15) is 0 Å². The van der Waals surface area contributed by atoms with Gasteiger partial charge in [0.25, 0.3) is 0 Å². The van der Waals surface area contributed by atoms with Crippen LogP contribution in [0.25, 0.3) is 5.52 Å². The van der Waals surface area contributed by atoms with Gasteiger partial charge in [0.05, 0.1) is 12.1 Å². The van der Waals surface area contributed by atoms with Gasteiger partial charge in [0, 0.05) is 25.4 Å². The highest BCUT2D eigenvalue weighted by Gasteiger charge is 2.20. The second kappa shape index (κ2) is 10.1. The Kier molecular flexibility index (Phi) is 7.31. The number of hydrogen-bond donors (Lipinski definition) is 0. The summed E-state index contributed by atoms with van der Waals surface area (Å²) in [6, 6.07) is 18.1. The SMILES string of the molecule is C.c1ccc(OC2CCN(CCCCOc3cc4ccccn4n3)CC2)cc1. The van der Waals surface area contributed by atoms with Crippen LogP contribution in [0.3, 0.4) is 0 Å². The molecular weight excluding hydrogens is 350 g/mol. The van der Waals surface area contributed by atoms with Crippen LogP contribution in [-0.2, 0) is 0 Å². The minimum absolute atomic E-state index is 0. The first-order valence-electron chi connectivity index (χ1n) is 9.88. The van der Waals surface area contributed by atoms with Gasteiger partial charge >= 0.3 is 0 Å². The van der Waals surface area contributed by atoms with Gasteiger partial charge in [0.2, 0.25) is 5.88 Å². The van der Waals surface area contributed by atoms with E-state index in [0.29, 0.717) is 12.0 Å². The molecule has 0 aliphatic carbocycles. The van der Waals surface area contributed by atoms with E-state index in [4.69, 9.17) is 9.47 Å². The molecule has 1 aliphatic rings. The first kappa shape index (κ1) is 20.2. The number of pyridine rings is 1. The first-order valence-corrected chi connectivity index (χ1v) is 9.88. The van der Waals surface area contributed by atoms with Crippen LogP contribution in [0.15, 0.2) is 60.8 Å². The van der Waals surface area contributed by atoms with Crippen LogP contribution >= 0.6 is 0 Å². The monoisotopic (exact) mass is 381 g/mol. The van der Waals surface area contributed by atoms with Crippen molar-refractivity contribution in [1.29, 1.82) is 0 Å². The lowest BCUT2D eigenvalue weighted by atomic mass is 10.1. The predicted octanol–water partition coefficient (Wildman–Crippen LogP) is 4.67. The minimum Gasteiger partial charge on any atom is -0.490 e. The van der Waals surface area contributed by atoms with Crippen LogP contribution < -0.4 is 9.47 Å². The molecule has 28 heavy (non-hydrogen) atoms. The lowest BCUT2D eigenvalue weighted by molar-refractivity contribution is 0.0987. The number of benzene rings is 1. The van der Waals surface area contributed by atoms with Crippen LogP contribution in [0.2, 0.25) is 0 Å². The standard InChI is InChI=1S/C22H27N3O2.CH4/c1-2-9-20(10-3-1)27-21-11-15-24(16-12-21)13-6-7-17-26-22-18-19-8-4-5-14-25(19)23-22;/h1-5,8-10,14,18,21H,6-7,11-13,15-17H2;1H4. The van der Waals surface area contributed by atoms with E-state index in [2.05, 4.69) is 10.00 Å². The highest BCUT2D eigenvalue weighted by molar-refractivity contribution is 5.48. The van der Waals surface area contributed by atoms with E-state index in [1.54, 1.807) is 0 Å². The van der Waals surface area contributed by atoms with Crippen molar-refractivity contribution in [1.82, 2.24) is 14.5 Å². The number of hydrogen-bond acceptors (Lipinski definition) is 4. The number of fused-ring (bicyclic) bond motifs is 1. The Morgan fingerprint density at radius 3 is 2.54 bits per heavy atom. The normalized spacial score (nSPS) is 15.3. The Balaban J connectivity index is 0.00000225. The minimum atomic E-state index is 0. The second-order valence-corrected chi connectivity index (χ2v) is 7.08. The summed E-state index contributed by atoms with van der Waals surface area (Å²) < 4.78 is 13.7. The molecule has 0 unspecified atom stereocenters. The van der Waals surface area contributed by atoms with Crippen molar-refractivity contribution < 1.29 is 9.47 Å². The van der Waals surface area contributed by atoms with E-state index >= 15 is 0 Å². The zero-order valence-electron chi connectivity index (χ0n) is 15.7. The number of rotatable bonds is 8. The molecule has 2 aromatic heterocycles. The van der Waals surface area contributed by atoms with Gasteiger partial charge in [0.1, 0.15) is 11.9 Å². The molecular formula is C23H31N3O2. The maximum absolute atomic E-state index is 6.06. The molecule has 5 nitrogen and oxygen atoms in total. The highest BCUT2D eigenvalue weighted by atomic mass is 16.5. The zero-order chi connectivity index (χ0) is 18.3. The topological polar surface area (TPSA) is 39.0 Å². The first-order chi connectivity index (χ1) is 13.4. The summed E-state index contributed by atoms with van der Waals surface area (Å²) in [4.78, 5) is 2.54. The zero-order valence-corrected chi connectivity index (χ0v) is 15.7. The molecule has 1 saturated heterocycles. The van der Waals surface area contributed by atoms with Crippen molar-refractivity contribution in [2.24, 2.45) is 0 Å². The fourth-order valence-corrected chi connectivity index (χ4v) is 3.54. The quantitative estimate of drug-likeness (QED) is 0.532. The van der Waals surface area contributed by atoms with Crippen LogP contribution in [0.4, 0.5) is 0 Å². The Morgan fingerprint density at radius 1 is 0.964 bits per heavy atom. The Morgan fingerprint density at radius 2 is 1.75 bits per heavy atom. The molecule has 0 atom stereocenters. The Bertz CT molecular complexity index is 793. The third kappa shape index (κ3) is 5.49. The maximum atomic E-state index is 6.06. The summed E-state index contributed by atoms with van der Waals surface area (Å²) in [5.74, 6) is 1.69. The van der Waals surface area contributed by atoms with E-state index in [9.17, 15) is 0 Å². The number of likely N-dealkylation sites (tertiary alicyclic amines) is 1. The van der Waals surface area contributed by atoms with Crippen LogP contribution in [0, 0.1) is 0 Å². The number of nitrogens with zero attached hydrogens (tertiary/aromatic N) is 3. The predicted molar refractivity (Wildman–Crippen MR) is 113 cm³/mol. The van der Waals surface area contributed by atoms with Crippen LogP contribution in [0.1, 0.15) is 33.1 Å². The maximum Gasteiger partial charge on any atom is 0.233 e. The number of unbranched alkanes of at least 4 members (excludes halogenated alkanes) is 1. The fourth-order valence-electron chi connectivity index (χ4n) is 3.54. The molecule has 0 radical (unpaired) electrons. The van der Waals surface area contributed by atoms with E-state index in [0.717, 1.165) is 63.2 Å².